The molecule has 0 aromatic carbocycles. The van der Waals surface area contributed by atoms with Gasteiger partial charge in [0.05, 0.1) is 0 Å². The molecule has 1 aliphatic heterocycles. The highest BCUT2D eigenvalue weighted by molar-refractivity contribution is 7.47. The van der Waals surface area contributed by atoms with Crippen LogP contribution < -0.4 is 0 Å². The molecule has 1 saturated heterocycles. The molecule has 1 aliphatic rings. The van der Waals surface area contributed by atoms with Gasteiger partial charge in [0, 0.05) is 0 Å². The van der Waals surface area contributed by atoms with Gasteiger partial charge in [-0.15, -0.1) is 0 Å². The Kier molecular flexibility index (Phi) is 4.05. The molecule has 1 fully saturated rings. The predicted molar refractivity (Wildman–Crippen MR) is 55.3 cm³/mol. The van der Waals surface area contributed by atoms with Crippen molar-refractivity contribution < 1.29 is 49.2 Å². The van der Waals surface area contributed by atoms with Crippen molar-refractivity contribution in [2.45, 2.75) is 49.7 Å². The Morgan fingerprint density at radius 2 is 1.48 bits per heavy atom. The molecule has 0 aromatic heterocycles. The molecule has 2 unspecified atom stereocenters. The van der Waals surface area contributed by atoms with Crippen LogP contribution in [0.3, 0.4) is 0 Å². The van der Waals surface area contributed by atoms with Crippen LogP contribution in [-0.2, 0) is 13.6 Å². The summed E-state index contributed by atoms with van der Waals surface area (Å²) in [4.78, 5) is 9.03. The van der Waals surface area contributed by atoms with Crippen LogP contribution in [0.5, 0.6) is 0 Å². The summed E-state index contributed by atoms with van der Waals surface area (Å²) in [6, 6.07) is 0. The van der Waals surface area contributed by atoms with E-state index < -0.39 is 43.5 Å². The molecule has 0 amide bonds. The molecule has 21 heavy (non-hydrogen) atoms. The minimum absolute atomic E-state index is 0.213. The van der Waals surface area contributed by atoms with Crippen molar-refractivity contribution in [3.05, 3.63) is 0 Å². The van der Waals surface area contributed by atoms with Gasteiger partial charge in [-0.05, 0) is 20.8 Å². The van der Waals surface area contributed by atoms with Crippen LogP contribution in [0.15, 0.2) is 0 Å². The molecule has 2 atom stereocenters. The van der Waals surface area contributed by atoms with Crippen molar-refractivity contribution in [3.8, 4) is 0 Å². The van der Waals surface area contributed by atoms with Gasteiger partial charge in [0.1, 0.15) is 5.60 Å². The molecule has 0 saturated carbocycles. The largest absolute Gasteiger partial charge is 0.473 e. The molecule has 1 N–H and O–H groups in total. The summed E-state index contributed by atoms with van der Waals surface area (Å²) in [6.07, 6.45) is 0. The van der Waals surface area contributed by atoms with Crippen molar-refractivity contribution in [2.24, 2.45) is 0 Å². The molecule has 1 rings (SSSR count). The Morgan fingerprint density at radius 1 is 1.05 bits per heavy atom. The highest BCUT2D eigenvalue weighted by atomic mass is 31.2. The third kappa shape index (κ3) is 2.38. The van der Waals surface area contributed by atoms with E-state index in [1.54, 1.807) is 0 Å². The fraction of sp³-hybridized carbons (Fsp3) is 1.00. The first-order chi connectivity index (χ1) is 8.97. The molecule has 0 radical (unpaired) electrons. The molecule has 126 valence electrons. The maximum atomic E-state index is 14.0. The van der Waals surface area contributed by atoms with E-state index in [1.807, 2.05) is 0 Å². The Morgan fingerprint density at radius 3 is 1.76 bits per heavy atom. The lowest BCUT2D eigenvalue weighted by Crippen LogP contribution is -2.69. The zero-order valence-corrected chi connectivity index (χ0v) is 11.9. The van der Waals surface area contributed by atoms with Crippen molar-refractivity contribution in [2.75, 3.05) is 6.67 Å². The minimum atomic E-state index is -6.19. The number of phosphoric acid groups is 1. The average molecular weight is 348 g/mol. The number of halogens is 7. The topological polar surface area (TPSA) is 55.8 Å². The summed E-state index contributed by atoms with van der Waals surface area (Å²) >= 11 is 0. The third-order valence-electron chi connectivity index (χ3n) is 3.41. The quantitative estimate of drug-likeness (QED) is 0.624. The molecule has 0 aliphatic carbocycles. The van der Waals surface area contributed by atoms with Gasteiger partial charge in [0.25, 0.3) is 0 Å². The van der Waals surface area contributed by atoms with Crippen molar-refractivity contribution >= 4 is 7.82 Å². The summed E-state index contributed by atoms with van der Waals surface area (Å²) in [7, 11) is -5.16. The van der Waals surface area contributed by atoms with Crippen molar-refractivity contribution in [1.82, 2.24) is 0 Å². The zero-order valence-electron chi connectivity index (χ0n) is 11.0. The fourth-order valence-corrected chi connectivity index (χ4v) is 3.37. The number of alkyl halides is 7. The number of hydrogen-bond acceptors (Lipinski definition) is 3. The lowest BCUT2D eigenvalue weighted by Gasteiger charge is -2.44. The molecule has 0 spiro atoms. The van der Waals surface area contributed by atoms with Gasteiger partial charge in [-0.25, -0.2) is 8.96 Å². The number of phosphoric ester groups is 1. The second-order valence-corrected chi connectivity index (χ2v) is 6.48. The number of hydrogen-bond donors (Lipinski definition) is 1. The summed E-state index contributed by atoms with van der Waals surface area (Å²) in [5, 5.41) is 0. The summed E-state index contributed by atoms with van der Waals surface area (Å²) in [5.41, 5.74) is -6.14. The van der Waals surface area contributed by atoms with Crippen molar-refractivity contribution in [1.29, 1.82) is 0 Å². The van der Waals surface area contributed by atoms with Crippen LogP contribution in [0.1, 0.15) is 20.8 Å². The number of rotatable bonds is 4. The van der Waals surface area contributed by atoms with Crippen molar-refractivity contribution in [3.63, 3.8) is 0 Å². The van der Waals surface area contributed by atoms with E-state index in [0.717, 1.165) is 0 Å². The molecule has 12 heteroatoms. The smallest absolute Gasteiger partial charge is 0.302 e. The normalized spacial score (nSPS) is 34.2. The zero-order chi connectivity index (χ0) is 17.1. The van der Waals surface area contributed by atoms with Crippen LogP contribution in [0.25, 0.3) is 0 Å². The molecule has 4 nitrogen and oxygen atoms in total. The Labute approximate surface area is 114 Å². The van der Waals surface area contributed by atoms with Crippen LogP contribution in [0.2, 0.25) is 0 Å². The van der Waals surface area contributed by atoms with Gasteiger partial charge in [0.15, 0.2) is 12.3 Å². The van der Waals surface area contributed by atoms with E-state index in [0.29, 0.717) is 13.8 Å². The summed E-state index contributed by atoms with van der Waals surface area (Å²) in [6.45, 7) is -1.48. The van der Waals surface area contributed by atoms with E-state index >= 15 is 0 Å². The Balaban J connectivity index is 3.46. The summed E-state index contributed by atoms with van der Waals surface area (Å²) in [5.74, 6) is -17.6. The molecular weight excluding hydrogens is 336 g/mol. The fourth-order valence-electron chi connectivity index (χ4n) is 1.78. The van der Waals surface area contributed by atoms with Gasteiger partial charge in [0.2, 0.25) is 0 Å². The van der Waals surface area contributed by atoms with Gasteiger partial charge in [-0.1, -0.05) is 0 Å². The first kappa shape index (κ1) is 18.7. The maximum absolute atomic E-state index is 14.0. The highest BCUT2D eigenvalue weighted by Gasteiger charge is 2.83. The van der Waals surface area contributed by atoms with Crippen LogP contribution >= 0.6 is 7.82 Å². The van der Waals surface area contributed by atoms with E-state index in [2.05, 4.69) is 9.05 Å². The van der Waals surface area contributed by atoms with Gasteiger partial charge in [-0.3, -0.25) is 9.05 Å². The molecule has 0 bridgehead atoms. The maximum Gasteiger partial charge on any atom is 0.473 e. The van der Waals surface area contributed by atoms with Gasteiger partial charge < -0.3 is 4.89 Å². The molecule has 1 heterocycles. The first-order valence-electron chi connectivity index (χ1n) is 5.41. The molecular formula is C9H12F7O4P. The minimum Gasteiger partial charge on any atom is -0.302 e. The lowest BCUT2D eigenvalue weighted by atomic mass is 9.78. The Hall–Kier alpha value is -0.380. The van der Waals surface area contributed by atoms with Crippen LogP contribution in [0, 0.1) is 0 Å². The second-order valence-electron chi connectivity index (χ2n) is 5.18. The summed E-state index contributed by atoms with van der Waals surface area (Å²) < 4.78 is 112. The Bertz CT molecular complexity index is 481. The van der Waals surface area contributed by atoms with Crippen LogP contribution in [0.4, 0.5) is 30.7 Å². The van der Waals surface area contributed by atoms with E-state index in [9.17, 15) is 35.3 Å². The molecule has 0 aromatic rings. The monoisotopic (exact) mass is 348 g/mol. The average Bonchev–Trinajstić information content (AvgIpc) is 2.43. The van der Waals surface area contributed by atoms with E-state index in [4.69, 9.17) is 4.89 Å². The van der Waals surface area contributed by atoms with Gasteiger partial charge in [-0.2, -0.15) is 26.3 Å². The lowest BCUT2D eigenvalue weighted by molar-refractivity contribution is -0.358. The third-order valence-corrected chi connectivity index (χ3v) is 4.69. The first-order valence-corrected chi connectivity index (χ1v) is 6.91. The van der Waals surface area contributed by atoms with E-state index in [-0.39, 0.29) is 6.92 Å². The SMILES string of the molecule is CC1(C)OP(=O)(O)OC1(C)C(F)(F)C(F)(F)C(F)(F)CF. The highest BCUT2D eigenvalue weighted by Crippen LogP contribution is 2.68. The van der Waals surface area contributed by atoms with Gasteiger partial charge >= 0.3 is 25.6 Å². The standard InChI is InChI=1S/C9H12F7O4P/c1-5(2)6(3,20-21(17,18)19-5)8(13,14)9(15,16)7(11,12)4-10/h4H2,1-3H3,(H,17,18). The second kappa shape index (κ2) is 4.56. The van der Waals surface area contributed by atoms with Crippen LogP contribution in [-0.4, -0.2) is 40.5 Å². The van der Waals surface area contributed by atoms with E-state index in [1.165, 1.54) is 0 Å². The predicted octanol–water partition coefficient (Wildman–Crippen LogP) is 3.55.